The molecule has 0 spiro atoms. The van der Waals surface area contributed by atoms with Gasteiger partial charge in [-0.15, -0.1) is 0 Å². The maximum atomic E-state index is 13.9. The SMILES string of the molecule is COc1ccc(C(C)(C)CC(=O)O)cc1-c1cnc(N2CCC2)nc1CN1C(=O)O[C@H](c2cccc(F)c2)[C@@H]1C. The van der Waals surface area contributed by atoms with E-state index in [1.54, 1.807) is 30.3 Å². The van der Waals surface area contributed by atoms with Crippen molar-refractivity contribution in [1.82, 2.24) is 14.9 Å². The molecule has 5 rings (SSSR count). The number of hydrogen-bond donors (Lipinski definition) is 1. The highest BCUT2D eigenvalue weighted by Gasteiger charge is 2.40. The molecule has 210 valence electrons. The van der Waals surface area contributed by atoms with Gasteiger partial charge in [-0.2, -0.15) is 0 Å². The van der Waals surface area contributed by atoms with Crippen LogP contribution in [0.15, 0.2) is 48.7 Å². The number of hydrogen-bond acceptors (Lipinski definition) is 7. The summed E-state index contributed by atoms with van der Waals surface area (Å²) in [7, 11) is 1.57. The molecule has 0 saturated carbocycles. The molecule has 0 unspecified atom stereocenters. The second-order valence-electron chi connectivity index (χ2n) is 11.0. The average Bonchev–Trinajstić information content (AvgIpc) is 3.15. The van der Waals surface area contributed by atoms with Gasteiger partial charge in [-0.05, 0) is 48.7 Å². The van der Waals surface area contributed by atoms with Gasteiger partial charge >= 0.3 is 12.1 Å². The summed E-state index contributed by atoms with van der Waals surface area (Å²) in [5.74, 6) is -0.131. The normalized spacial score (nSPS) is 18.9. The van der Waals surface area contributed by atoms with Crippen molar-refractivity contribution in [2.75, 3.05) is 25.1 Å². The Kier molecular flexibility index (Phi) is 7.35. The van der Waals surface area contributed by atoms with Gasteiger partial charge in [0, 0.05) is 35.8 Å². The molecule has 3 aromatic rings. The number of carboxylic acids is 1. The van der Waals surface area contributed by atoms with E-state index in [1.165, 1.54) is 12.1 Å². The number of nitrogens with zero attached hydrogens (tertiary/aromatic N) is 4. The second kappa shape index (κ2) is 10.7. The van der Waals surface area contributed by atoms with Crippen molar-refractivity contribution in [2.45, 2.75) is 57.7 Å². The molecule has 0 aliphatic carbocycles. The molecule has 1 aromatic heterocycles. The van der Waals surface area contributed by atoms with E-state index in [2.05, 4.69) is 9.88 Å². The standard InChI is InChI=1S/C30H33FN4O5/c1-18-27(19-7-5-8-21(31)13-19)40-29(38)35(18)17-24-23(16-32-28(33-24)34-11-6-12-34)22-14-20(9-10-25(22)39-4)30(2,3)15-26(36)37/h5,7-10,13-14,16,18,27H,6,11-12,15,17H2,1-4H3,(H,36,37)/t18-,27-/m0/s1. The van der Waals surface area contributed by atoms with Gasteiger partial charge in [0.1, 0.15) is 17.7 Å². The predicted molar refractivity (Wildman–Crippen MR) is 147 cm³/mol. The van der Waals surface area contributed by atoms with Crippen LogP contribution in [0.3, 0.4) is 0 Å². The summed E-state index contributed by atoms with van der Waals surface area (Å²) < 4.78 is 25.3. The number of cyclic esters (lactones) is 1. The van der Waals surface area contributed by atoms with Crippen molar-refractivity contribution >= 4 is 18.0 Å². The molecule has 0 bridgehead atoms. The first kappa shape index (κ1) is 27.4. The van der Waals surface area contributed by atoms with Gasteiger partial charge in [0.25, 0.3) is 0 Å². The summed E-state index contributed by atoms with van der Waals surface area (Å²) in [6, 6.07) is 11.3. The zero-order chi connectivity index (χ0) is 28.6. The van der Waals surface area contributed by atoms with Gasteiger partial charge in [-0.3, -0.25) is 9.69 Å². The highest BCUT2D eigenvalue weighted by molar-refractivity contribution is 5.76. The molecule has 2 aromatic carbocycles. The lowest BCUT2D eigenvalue weighted by Gasteiger charge is -2.31. The smallest absolute Gasteiger partial charge is 0.411 e. The van der Waals surface area contributed by atoms with Crippen molar-refractivity contribution in [2.24, 2.45) is 0 Å². The lowest BCUT2D eigenvalue weighted by atomic mass is 9.80. The van der Waals surface area contributed by atoms with E-state index < -0.39 is 29.4 Å². The van der Waals surface area contributed by atoms with Crippen LogP contribution in [-0.4, -0.2) is 58.3 Å². The lowest BCUT2D eigenvalue weighted by Crippen LogP contribution is -2.39. The van der Waals surface area contributed by atoms with Crippen molar-refractivity contribution in [3.05, 3.63) is 71.3 Å². The van der Waals surface area contributed by atoms with Crippen molar-refractivity contribution in [3.8, 4) is 16.9 Å². The van der Waals surface area contributed by atoms with Crippen LogP contribution in [0.25, 0.3) is 11.1 Å². The number of aliphatic carboxylic acids is 1. The molecule has 2 aliphatic rings. The fraction of sp³-hybridized carbons (Fsp3) is 0.400. The maximum Gasteiger partial charge on any atom is 0.411 e. The molecule has 10 heteroatoms. The van der Waals surface area contributed by atoms with Gasteiger partial charge < -0.3 is 19.5 Å². The molecule has 0 radical (unpaired) electrons. The van der Waals surface area contributed by atoms with Crippen molar-refractivity contribution in [1.29, 1.82) is 0 Å². The minimum atomic E-state index is -0.889. The number of anilines is 1. The first-order valence-electron chi connectivity index (χ1n) is 13.3. The van der Waals surface area contributed by atoms with Gasteiger partial charge in [0.05, 0.1) is 31.8 Å². The number of amides is 1. The van der Waals surface area contributed by atoms with Crippen LogP contribution in [0.4, 0.5) is 15.1 Å². The number of carbonyl (C=O) groups is 2. The number of rotatable bonds is 9. The summed E-state index contributed by atoms with van der Waals surface area (Å²) in [5.41, 5.74) is 2.74. The Morgan fingerprint density at radius 3 is 2.62 bits per heavy atom. The fourth-order valence-corrected chi connectivity index (χ4v) is 5.24. The number of ether oxygens (including phenoxy) is 2. The largest absolute Gasteiger partial charge is 0.496 e. The van der Waals surface area contributed by atoms with Crippen LogP contribution in [0.5, 0.6) is 5.75 Å². The monoisotopic (exact) mass is 548 g/mol. The van der Waals surface area contributed by atoms with Crippen molar-refractivity contribution < 1.29 is 28.6 Å². The quantitative estimate of drug-likeness (QED) is 0.382. The second-order valence-corrected chi connectivity index (χ2v) is 11.0. The van der Waals surface area contributed by atoms with E-state index in [0.29, 0.717) is 34.1 Å². The van der Waals surface area contributed by atoms with E-state index in [0.717, 1.165) is 25.1 Å². The Bertz CT molecular complexity index is 1440. The van der Waals surface area contributed by atoms with E-state index in [-0.39, 0.29) is 19.0 Å². The summed E-state index contributed by atoms with van der Waals surface area (Å²) in [5, 5.41) is 9.46. The molecule has 1 amide bonds. The molecular formula is C30H33FN4O5. The average molecular weight is 549 g/mol. The molecule has 2 fully saturated rings. The third kappa shape index (κ3) is 5.30. The molecule has 9 nitrogen and oxygen atoms in total. The van der Waals surface area contributed by atoms with Gasteiger partial charge in [0.15, 0.2) is 0 Å². The predicted octanol–water partition coefficient (Wildman–Crippen LogP) is 5.34. The van der Waals surface area contributed by atoms with Gasteiger partial charge in [-0.25, -0.2) is 19.2 Å². The summed E-state index contributed by atoms with van der Waals surface area (Å²) >= 11 is 0. The Morgan fingerprint density at radius 1 is 1.20 bits per heavy atom. The maximum absolute atomic E-state index is 13.9. The highest BCUT2D eigenvalue weighted by Crippen LogP contribution is 2.39. The van der Waals surface area contributed by atoms with Gasteiger partial charge in [-0.1, -0.05) is 32.0 Å². The zero-order valence-corrected chi connectivity index (χ0v) is 23.1. The number of aromatic nitrogens is 2. The lowest BCUT2D eigenvalue weighted by molar-refractivity contribution is -0.138. The van der Waals surface area contributed by atoms with E-state index in [9.17, 15) is 19.1 Å². The molecule has 40 heavy (non-hydrogen) atoms. The molecule has 3 heterocycles. The van der Waals surface area contributed by atoms with Crippen LogP contribution in [0.1, 0.15) is 56.5 Å². The first-order chi connectivity index (χ1) is 19.1. The van der Waals surface area contributed by atoms with Crippen LogP contribution in [0, 0.1) is 5.82 Å². The summed E-state index contributed by atoms with van der Waals surface area (Å²) in [6.45, 7) is 7.47. The Morgan fingerprint density at radius 2 is 1.98 bits per heavy atom. The van der Waals surface area contributed by atoms with Crippen LogP contribution in [0.2, 0.25) is 0 Å². The Hall–Kier alpha value is -4.21. The van der Waals surface area contributed by atoms with Crippen molar-refractivity contribution in [3.63, 3.8) is 0 Å². The molecule has 1 N–H and O–H groups in total. The number of benzene rings is 2. The topological polar surface area (TPSA) is 105 Å². The molecular weight excluding hydrogens is 515 g/mol. The van der Waals surface area contributed by atoms with Crippen LogP contribution >= 0.6 is 0 Å². The third-order valence-electron chi connectivity index (χ3n) is 7.75. The third-order valence-corrected chi connectivity index (χ3v) is 7.75. The summed E-state index contributed by atoms with van der Waals surface area (Å²) in [6.07, 6.45) is 1.60. The number of carboxylic acid groups (broad SMARTS) is 1. The Balaban J connectivity index is 1.55. The highest BCUT2D eigenvalue weighted by atomic mass is 19.1. The minimum absolute atomic E-state index is 0.0470. The number of halogens is 1. The summed E-state index contributed by atoms with van der Waals surface area (Å²) in [4.78, 5) is 37.8. The van der Waals surface area contributed by atoms with Crippen LogP contribution < -0.4 is 9.64 Å². The number of methoxy groups -OCH3 is 1. The van der Waals surface area contributed by atoms with E-state index in [1.807, 2.05) is 39.0 Å². The van der Waals surface area contributed by atoms with E-state index in [4.69, 9.17) is 14.5 Å². The van der Waals surface area contributed by atoms with Crippen LogP contribution in [-0.2, 0) is 21.5 Å². The molecule has 2 atom stereocenters. The first-order valence-corrected chi connectivity index (χ1v) is 13.3. The molecule has 2 aliphatic heterocycles. The zero-order valence-electron chi connectivity index (χ0n) is 23.1. The number of carbonyl (C=O) groups excluding carboxylic acids is 1. The van der Waals surface area contributed by atoms with Gasteiger partial charge in [0.2, 0.25) is 5.95 Å². The minimum Gasteiger partial charge on any atom is -0.496 e. The fourth-order valence-electron chi connectivity index (χ4n) is 5.24. The Labute approximate surface area is 232 Å². The van der Waals surface area contributed by atoms with E-state index >= 15 is 0 Å². The molecule has 2 saturated heterocycles.